The van der Waals surface area contributed by atoms with Crippen LogP contribution >= 0.6 is 0 Å². The van der Waals surface area contributed by atoms with E-state index >= 15 is 0 Å². The quantitative estimate of drug-likeness (QED) is 0.761. The number of carbonyl (C=O) groups excluding carboxylic acids is 2. The van der Waals surface area contributed by atoms with E-state index in [1.807, 2.05) is 68.2 Å². The second kappa shape index (κ2) is 9.91. The highest BCUT2D eigenvalue weighted by molar-refractivity contribution is 6.00. The molecule has 30 heavy (non-hydrogen) atoms. The Morgan fingerprint density at radius 1 is 1.17 bits per heavy atom. The van der Waals surface area contributed by atoms with Gasteiger partial charge in [0.15, 0.2) is 6.61 Å². The van der Waals surface area contributed by atoms with Gasteiger partial charge in [0.05, 0.1) is 11.4 Å². The molecule has 2 aromatic rings. The summed E-state index contributed by atoms with van der Waals surface area (Å²) in [5.41, 5.74) is 2.69. The minimum absolute atomic E-state index is 0.0127. The Bertz CT molecular complexity index is 927. The molecule has 0 aromatic heterocycles. The molecule has 0 radical (unpaired) electrons. The predicted molar refractivity (Wildman–Crippen MR) is 119 cm³/mol. The van der Waals surface area contributed by atoms with Crippen LogP contribution in [0.25, 0.3) is 0 Å². The average molecular weight is 409 g/mol. The van der Waals surface area contributed by atoms with Gasteiger partial charge in [-0.3, -0.25) is 14.6 Å². The number of rotatable bonds is 7. The summed E-state index contributed by atoms with van der Waals surface area (Å²) in [6, 6.07) is 15.4. The third-order valence-electron chi connectivity index (χ3n) is 4.82. The normalized spacial score (nSPS) is 13.0. The highest BCUT2D eigenvalue weighted by atomic mass is 16.5. The number of ether oxygens (including phenoxy) is 1. The number of hydrogen-bond donors (Lipinski definition) is 1. The number of carbonyl (C=O) groups is 2. The smallest absolute Gasteiger partial charge is 0.263 e. The summed E-state index contributed by atoms with van der Waals surface area (Å²) < 4.78 is 5.78. The molecule has 0 fully saturated rings. The number of para-hydroxylation sites is 1. The fraction of sp³-hybridized carbons (Fsp3) is 0.348. The summed E-state index contributed by atoms with van der Waals surface area (Å²) in [6.45, 7) is 6.80. The van der Waals surface area contributed by atoms with Crippen LogP contribution in [0.15, 0.2) is 53.6 Å². The van der Waals surface area contributed by atoms with E-state index in [1.54, 1.807) is 11.0 Å². The molecule has 0 spiro atoms. The number of amidine groups is 1. The lowest BCUT2D eigenvalue weighted by molar-refractivity contribution is -0.121. The van der Waals surface area contributed by atoms with Crippen molar-refractivity contribution in [1.82, 2.24) is 5.32 Å². The van der Waals surface area contributed by atoms with Crippen molar-refractivity contribution in [2.24, 2.45) is 5.10 Å². The summed E-state index contributed by atoms with van der Waals surface area (Å²) in [5.74, 6) is 0.866. The Hall–Kier alpha value is -3.35. The lowest BCUT2D eigenvalue weighted by Gasteiger charge is -2.23. The first-order chi connectivity index (χ1) is 14.5. The Morgan fingerprint density at radius 2 is 1.93 bits per heavy atom. The molecule has 1 N–H and O–H groups in total. The minimum Gasteiger partial charge on any atom is -0.482 e. The first kappa shape index (κ1) is 21.4. The average Bonchev–Trinajstić information content (AvgIpc) is 3.22. The zero-order chi connectivity index (χ0) is 21.5. The lowest BCUT2D eigenvalue weighted by atomic mass is 10.2. The third-order valence-corrected chi connectivity index (χ3v) is 4.82. The molecule has 1 aliphatic heterocycles. The van der Waals surface area contributed by atoms with Crippen molar-refractivity contribution in [2.45, 2.75) is 33.6 Å². The number of benzene rings is 2. The van der Waals surface area contributed by atoms with Crippen LogP contribution in [0.1, 0.15) is 32.3 Å². The largest absolute Gasteiger partial charge is 0.482 e. The van der Waals surface area contributed by atoms with E-state index < -0.39 is 0 Å². The van der Waals surface area contributed by atoms with E-state index in [0.717, 1.165) is 11.3 Å². The van der Waals surface area contributed by atoms with Crippen LogP contribution in [0, 0.1) is 6.92 Å². The van der Waals surface area contributed by atoms with Gasteiger partial charge in [0.1, 0.15) is 11.6 Å². The van der Waals surface area contributed by atoms with Crippen LogP contribution in [0.2, 0.25) is 0 Å². The van der Waals surface area contributed by atoms with E-state index in [9.17, 15) is 9.59 Å². The fourth-order valence-corrected chi connectivity index (χ4v) is 3.30. The van der Waals surface area contributed by atoms with E-state index in [2.05, 4.69) is 10.4 Å². The van der Waals surface area contributed by atoms with Gasteiger partial charge in [0.2, 0.25) is 5.91 Å². The molecule has 0 saturated heterocycles. The molecule has 0 unspecified atom stereocenters. The molecule has 1 heterocycles. The fourth-order valence-electron chi connectivity index (χ4n) is 3.30. The van der Waals surface area contributed by atoms with Gasteiger partial charge < -0.3 is 15.0 Å². The number of hydrazone groups is 1. The van der Waals surface area contributed by atoms with Crippen LogP contribution in [0.5, 0.6) is 5.75 Å². The molecule has 0 bridgehead atoms. The summed E-state index contributed by atoms with van der Waals surface area (Å²) in [6.07, 6.45) is 1.06. The van der Waals surface area contributed by atoms with Crippen LogP contribution < -0.4 is 20.0 Å². The molecule has 2 amide bonds. The summed E-state index contributed by atoms with van der Waals surface area (Å²) in [4.78, 5) is 26.4. The van der Waals surface area contributed by atoms with Crippen molar-refractivity contribution in [2.75, 3.05) is 29.6 Å². The van der Waals surface area contributed by atoms with Gasteiger partial charge in [0.25, 0.3) is 5.91 Å². The van der Waals surface area contributed by atoms with Crippen molar-refractivity contribution in [1.29, 1.82) is 0 Å². The molecule has 7 heteroatoms. The number of nitrogens with zero attached hydrogens (tertiary/aromatic N) is 3. The van der Waals surface area contributed by atoms with Crippen molar-refractivity contribution in [3.63, 3.8) is 0 Å². The van der Waals surface area contributed by atoms with Crippen molar-refractivity contribution < 1.29 is 14.3 Å². The molecule has 2 aromatic carbocycles. The van der Waals surface area contributed by atoms with Gasteiger partial charge >= 0.3 is 0 Å². The molecule has 0 atom stereocenters. The monoisotopic (exact) mass is 408 g/mol. The molecule has 1 aliphatic rings. The second-order valence-corrected chi connectivity index (χ2v) is 7.05. The van der Waals surface area contributed by atoms with Crippen molar-refractivity contribution in [3.8, 4) is 5.75 Å². The second-order valence-electron chi connectivity index (χ2n) is 7.05. The summed E-state index contributed by atoms with van der Waals surface area (Å²) >= 11 is 0. The van der Waals surface area contributed by atoms with E-state index in [1.165, 1.54) is 0 Å². The summed E-state index contributed by atoms with van der Waals surface area (Å²) in [7, 11) is 0. The van der Waals surface area contributed by atoms with Gasteiger partial charge in [-0.25, -0.2) is 0 Å². The van der Waals surface area contributed by atoms with Gasteiger partial charge in [0, 0.05) is 25.9 Å². The predicted octanol–water partition coefficient (Wildman–Crippen LogP) is 3.48. The van der Waals surface area contributed by atoms with Crippen LogP contribution in [0.4, 0.5) is 11.4 Å². The Kier molecular flexibility index (Phi) is 7.06. The lowest BCUT2D eigenvalue weighted by Crippen LogP contribution is -2.34. The molecular weight excluding hydrogens is 380 g/mol. The highest BCUT2D eigenvalue weighted by Gasteiger charge is 2.20. The SMILES string of the molecule is CCC(=O)N(CC)c1cc(C)ccc1OCC(=O)NC1=NN(c2ccccc2)CC1. The van der Waals surface area contributed by atoms with Crippen molar-refractivity contribution >= 4 is 29.0 Å². The van der Waals surface area contributed by atoms with E-state index in [4.69, 9.17) is 4.74 Å². The van der Waals surface area contributed by atoms with Crippen molar-refractivity contribution in [3.05, 3.63) is 54.1 Å². The summed E-state index contributed by atoms with van der Waals surface area (Å²) in [5, 5.41) is 9.15. The number of amides is 2. The molecule has 0 aliphatic carbocycles. The first-order valence-corrected chi connectivity index (χ1v) is 10.3. The van der Waals surface area contributed by atoms with Crippen LogP contribution in [0.3, 0.4) is 0 Å². The maximum absolute atomic E-state index is 12.4. The zero-order valence-corrected chi connectivity index (χ0v) is 17.7. The maximum atomic E-state index is 12.4. The number of nitrogens with one attached hydrogen (secondary N) is 1. The van der Waals surface area contributed by atoms with Gasteiger partial charge in [-0.15, -0.1) is 0 Å². The van der Waals surface area contributed by atoms with E-state index in [-0.39, 0.29) is 18.4 Å². The van der Waals surface area contributed by atoms with Gasteiger partial charge in [-0.05, 0) is 43.7 Å². The molecular formula is C23H28N4O3. The molecule has 0 saturated carbocycles. The maximum Gasteiger partial charge on any atom is 0.263 e. The third kappa shape index (κ3) is 5.17. The molecule has 7 nitrogen and oxygen atoms in total. The number of hydrogen-bond acceptors (Lipinski definition) is 5. The topological polar surface area (TPSA) is 74.2 Å². The minimum atomic E-state index is -0.278. The Balaban J connectivity index is 1.63. The Morgan fingerprint density at radius 3 is 2.63 bits per heavy atom. The van der Waals surface area contributed by atoms with Crippen LogP contribution in [-0.4, -0.2) is 37.3 Å². The highest BCUT2D eigenvalue weighted by Crippen LogP contribution is 2.30. The van der Waals surface area contributed by atoms with Gasteiger partial charge in [-0.2, -0.15) is 5.10 Å². The first-order valence-electron chi connectivity index (χ1n) is 10.3. The zero-order valence-electron chi connectivity index (χ0n) is 17.7. The number of anilines is 2. The van der Waals surface area contributed by atoms with Gasteiger partial charge in [-0.1, -0.05) is 31.2 Å². The molecule has 3 rings (SSSR count). The van der Waals surface area contributed by atoms with E-state index in [0.29, 0.717) is 43.2 Å². The van der Waals surface area contributed by atoms with Crippen LogP contribution in [-0.2, 0) is 9.59 Å². The standard InChI is InChI=1S/C23H28N4O3/c1-4-23(29)26(5-2)19-15-17(3)11-12-20(19)30-16-22(28)24-21-13-14-27(25-21)18-9-7-6-8-10-18/h6-12,15H,4-5,13-14,16H2,1-3H3,(H,24,25,28). The number of aryl methyl sites for hydroxylation is 1. The Labute approximate surface area is 177 Å². The molecule has 158 valence electrons.